The van der Waals surface area contributed by atoms with Gasteiger partial charge in [0.15, 0.2) is 11.0 Å². The van der Waals surface area contributed by atoms with Gasteiger partial charge in [0.05, 0.1) is 11.8 Å². The van der Waals surface area contributed by atoms with Crippen molar-refractivity contribution in [3.05, 3.63) is 83.7 Å². The number of benzene rings is 2. The maximum Gasteiger partial charge on any atom is 0.252 e. The standard InChI is InChI=1S/C25H29N5O2S/c1-5-15-30-23(18(4)26-24(32)20-13-9-7-11-17(20)3)28-29-25(30)33-16-22(31)27-21-14-10-8-12-19(21)6-2/h5,7-14,18H,1,6,15-16H2,2-4H3,(H,26,32)(H,27,31)/t18-/m0/s1. The summed E-state index contributed by atoms with van der Waals surface area (Å²) in [5.74, 6) is 0.515. The first kappa shape index (κ1) is 24.3. The van der Waals surface area contributed by atoms with Crippen LogP contribution >= 0.6 is 11.8 Å². The first-order valence-electron chi connectivity index (χ1n) is 10.9. The molecule has 0 saturated heterocycles. The van der Waals surface area contributed by atoms with Crippen LogP contribution in [-0.4, -0.2) is 32.3 Å². The number of carbonyl (C=O) groups is 2. The highest BCUT2D eigenvalue weighted by atomic mass is 32.2. The number of carbonyl (C=O) groups excluding carboxylic acids is 2. The molecule has 33 heavy (non-hydrogen) atoms. The van der Waals surface area contributed by atoms with E-state index >= 15 is 0 Å². The lowest BCUT2D eigenvalue weighted by atomic mass is 10.1. The summed E-state index contributed by atoms with van der Waals surface area (Å²) >= 11 is 1.30. The Kier molecular flexibility index (Phi) is 8.43. The molecule has 2 aromatic carbocycles. The van der Waals surface area contributed by atoms with Crippen LogP contribution in [0.2, 0.25) is 0 Å². The van der Waals surface area contributed by atoms with Crippen molar-refractivity contribution < 1.29 is 9.59 Å². The molecule has 7 nitrogen and oxygen atoms in total. The number of thioether (sulfide) groups is 1. The molecular formula is C25H29N5O2S. The van der Waals surface area contributed by atoms with E-state index in [-0.39, 0.29) is 23.6 Å². The summed E-state index contributed by atoms with van der Waals surface area (Å²) in [5.41, 5.74) is 3.44. The van der Waals surface area contributed by atoms with Crippen molar-refractivity contribution in [2.24, 2.45) is 0 Å². The Labute approximate surface area is 198 Å². The Morgan fingerprint density at radius 2 is 1.88 bits per heavy atom. The second kappa shape index (κ2) is 11.5. The Hall–Kier alpha value is -3.39. The summed E-state index contributed by atoms with van der Waals surface area (Å²) in [6.07, 6.45) is 2.58. The number of para-hydroxylation sites is 1. The Morgan fingerprint density at radius 3 is 2.61 bits per heavy atom. The zero-order chi connectivity index (χ0) is 23.8. The van der Waals surface area contributed by atoms with E-state index in [0.29, 0.717) is 23.1 Å². The van der Waals surface area contributed by atoms with Crippen LogP contribution in [0.15, 0.2) is 66.3 Å². The second-order valence-electron chi connectivity index (χ2n) is 7.60. The summed E-state index contributed by atoms with van der Waals surface area (Å²) in [4.78, 5) is 25.3. The molecule has 0 radical (unpaired) electrons. The van der Waals surface area contributed by atoms with Gasteiger partial charge in [-0.25, -0.2) is 0 Å². The molecule has 0 bridgehead atoms. The van der Waals surface area contributed by atoms with Gasteiger partial charge in [-0.3, -0.25) is 9.59 Å². The third-order valence-electron chi connectivity index (χ3n) is 5.19. The lowest BCUT2D eigenvalue weighted by molar-refractivity contribution is -0.113. The van der Waals surface area contributed by atoms with Gasteiger partial charge < -0.3 is 15.2 Å². The summed E-state index contributed by atoms with van der Waals surface area (Å²) in [6, 6.07) is 14.8. The summed E-state index contributed by atoms with van der Waals surface area (Å²) in [5, 5.41) is 15.1. The Bertz CT molecular complexity index is 1140. The number of anilines is 1. The largest absolute Gasteiger partial charge is 0.342 e. The van der Waals surface area contributed by atoms with Gasteiger partial charge in [-0.2, -0.15) is 0 Å². The van der Waals surface area contributed by atoms with E-state index < -0.39 is 0 Å². The molecule has 0 aliphatic carbocycles. The highest BCUT2D eigenvalue weighted by molar-refractivity contribution is 7.99. The van der Waals surface area contributed by atoms with Crippen molar-refractivity contribution in [1.29, 1.82) is 0 Å². The number of aromatic nitrogens is 3. The molecular weight excluding hydrogens is 434 g/mol. The van der Waals surface area contributed by atoms with Crippen LogP contribution in [0.4, 0.5) is 5.69 Å². The van der Waals surface area contributed by atoms with Crippen LogP contribution in [-0.2, 0) is 17.8 Å². The summed E-state index contributed by atoms with van der Waals surface area (Å²) < 4.78 is 1.87. The van der Waals surface area contributed by atoms with Crippen LogP contribution in [0.5, 0.6) is 0 Å². The number of nitrogens with zero attached hydrogens (tertiary/aromatic N) is 3. The second-order valence-corrected chi connectivity index (χ2v) is 8.54. The zero-order valence-electron chi connectivity index (χ0n) is 19.2. The number of rotatable bonds is 10. The van der Waals surface area contributed by atoms with Crippen LogP contribution in [0.25, 0.3) is 0 Å². The third-order valence-corrected chi connectivity index (χ3v) is 6.15. The van der Waals surface area contributed by atoms with E-state index in [1.807, 2.05) is 60.9 Å². The first-order valence-corrected chi connectivity index (χ1v) is 11.8. The van der Waals surface area contributed by atoms with E-state index in [1.54, 1.807) is 12.1 Å². The van der Waals surface area contributed by atoms with Crippen LogP contribution < -0.4 is 10.6 Å². The van der Waals surface area contributed by atoms with Gasteiger partial charge >= 0.3 is 0 Å². The maximum absolute atomic E-state index is 12.7. The first-order chi connectivity index (χ1) is 15.9. The minimum Gasteiger partial charge on any atom is -0.342 e. The molecule has 0 fully saturated rings. The van der Waals surface area contributed by atoms with Gasteiger partial charge in [0.25, 0.3) is 5.91 Å². The number of amides is 2. The van der Waals surface area contributed by atoms with Crippen LogP contribution in [0, 0.1) is 6.92 Å². The van der Waals surface area contributed by atoms with Crippen molar-refractivity contribution in [3.63, 3.8) is 0 Å². The highest BCUT2D eigenvalue weighted by Crippen LogP contribution is 2.22. The maximum atomic E-state index is 12.7. The molecule has 1 heterocycles. The number of nitrogens with one attached hydrogen (secondary N) is 2. The van der Waals surface area contributed by atoms with Crippen molar-refractivity contribution in [1.82, 2.24) is 20.1 Å². The van der Waals surface area contributed by atoms with Crippen molar-refractivity contribution in [2.75, 3.05) is 11.1 Å². The fraction of sp³-hybridized carbons (Fsp3) is 0.280. The molecule has 0 spiro atoms. The summed E-state index contributed by atoms with van der Waals surface area (Å²) in [6.45, 7) is 10.1. The van der Waals surface area contributed by atoms with Crippen molar-refractivity contribution in [2.45, 2.75) is 44.9 Å². The molecule has 0 aliphatic heterocycles. The molecule has 2 N–H and O–H groups in total. The minimum absolute atomic E-state index is 0.114. The van der Waals surface area contributed by atoms with E-state index in [2.05, 4.69) is 34.3 Å². The average molecular weight is 464 g/mol. The molecule has 3 rings (SSSR count). The van der Waals surface area contributed by atoms with Crippen molar-refractivity contribution >= 4 is 29.3 Å². The Balaban J connectivity index is 1.68. The van der Waals surface area contributed by atoms with E-state index in [4.69, 9.17) is 0 Å². The molecule has 2 amide bonds. The van der Waals surface area contributed by atoms with Crippen molar-refractivity contribution in [3.8, 4) is 0 Å². The van der Waals surface area contributed by atoms with Gasteiger partial charge in [-0.1, -0.05) is 61.2 Å². The van der Waals surface area contributed by atoms with Gasteiger partial charge in [0, 0.05) is 17.8 Å². The monoisotopic (exact) mass is 463 g/mol. The number of hydrogen-bond donors (Lipinski definition) is 2. The van der Waals surface area contributed by atoms with Crippen LogP contribution in [0.1, 0.15) is 47.2 Å². The molecule has 8 heteroatoms. The fourth-order valence-corrected chi connectivity index (χ4v) is 4.22. The predicted octanol–water partition coefficient (Wildman–Crippen LogP) is 4.56. The SMILES string of the molecule is C=CCn1c(SCC(=O)Nc2ccccc2CC)nnc1[C@H](C)NC(=O)c1ccccc1C. The molecule has 0 unspecified atom stereocenters. The highest BCUT2D eigenvalue weighted by Gasteiger charge is 2.21. The molecule has 0 saturated carbocycles. The number of allylic oxidation sites excluding steroid dienone is 1. The zero-order valence-corrected chi connectivity index (χ0v) is 20.0. The molecule has 172 valence electrons. The lowest BCUT2D eigenvalue weighted by Gasteiger charge is -2.16. The topological polar surface area (TPSA) is 88.9 Å². The normalized spacial score (nSPS) is 11.6. The third kappa shape index (κ3) is 6.10. The van der Waals surface area contributed by atoms with E-state index in [9.17, 15) is 9.59 Å². The minimum atomic E-state index is -0.371. The van der Waals surface area contributed by atoms with Crippen LogP contribution in [0.3, 0.4) is 0 Å². The number of aryl methyl sites for hydroxylation is 2. The van der Waals surface area contributed by atoms with Gasteiger partial charge in [0.1, 0.15) is 0 Å². The lowest BCUT2D eigenvalue weighted by Crippen LogP contribution is -2.29. The van der Waals surface area contributed by atoms with Gasteiger partial charge in [-0.05, 0) is 43.5 Å². The fourth-order valence-electron chi connectivity index (χ4n) is 3.46. The predicted molar refractivity (Wildman–Crippen MR) is 132 cm³/mol. The molecule has 3 aromatic rings. The average Bonchev–Trinajstić information content (AvgIpc) is 3.21. The van der Waals surface area contributed by atoms with E-state index in [0.717, 1.165) is 23.2 Å². The van der Waals surface area contributed by atoms with Gasteiger partial charge in [0.2, 0.25) is 5.91 Å². The smallest absolute Gasteiger partial charge is 0.252 e. The quantitative estimate of drug-likeness (QED) is 0.340. The van der Waals surface area contributed by atoms with Gasteiger partial charge in [-0.15, -0.1) is 16.8 Å². The number of hydrogen-bond acceptors (Lipinski definition) is 5. The molecule has 1 atom stereocenters. The van der Waals surface area contributed by atoms with E-state index in [1.165, 1.54) is 11.8 Å². The summed E-state index contributed by atoms with van der Waals surface area (Å²) in [7, 11) is 0. The Morgan fingerprint density at radius 1 is 1.15 bits per heavy atom. The molecule has 0 aliphatic rings. The molecule has 1 aromatic heterocycles.